The lowest BCUT2D eigenvalue weighted by molar-refractivity contribution is 0.0999. The van der Waals surface area contributed by atoms with Crippen molar-refractivity contribution in [2.75, 3.05) is 0 Å². The molecular formula is C15H23NO. The van der Waals surface area contributed by atoms with Crippen molar-refractivity contribution in [1.82, 2.24) is 0 Å². The highest BCUT2D eigenvalue weighted by molar-refractivity contribution is 5.94. The van der Waals surface area contributed by atoms with Crippen LogP contribution in [0.25, 0.3) is 0 Å². The van der Waals surface area contributed by atoms with Crippen LogP contribution in [0.15, 0.2) is 18.2 Å². The van der Waals surface area contributed by atoms with Gasteiger partial charge in [-0.25, -0.2) is 0 Å². The van der Waals surface area contributed by atoms with Crippen molar-refractivity contribution in [2.24, 2.45) is 5.73 Å². The Morgan fingerprint density at radius 3 is 2.35 bits per heavy atom. The van der Waals surface area contributed by atoms with Crippen molar-refractivity contribution in [3.63, 3.8) is 0 Å². The molecule has 0 atom stereocenters. The molecule has 0 aliphatic carbocycles. The first-order valence-corrected chi connectivity index (χ1v) is 6.61. The number of unbranched alkanes of at least 4 members (excludes halogenated alkanes) is 2. The van der Waals surface area contributed by atoms with Crippen molar-refractivity contribution in [3.8, 4) is 0 Å². The third-order valence-corrected chi connectivity index (χ3v) is 3.12. The molecule has 0 heterocycles. The zero-order valence-electron chi connectivity index (χ0n) is 11.0. The molecule has 1 amide bonds. The van der Waals surface area contributed by atoms with Gasteiger partial charge in [0.1, 0.15) is 0 Å². The molecule has 0 spiro atoms. The second-order valence-corrected chi connectivity index (χ2v) is 4.51. The van der Waals surface area contributed by atoms with Crippen molar-refractivity contribution >= 4 is 5.91 Å². The van der Waals surface area contributed by atoms with Gasteiger partial charge in [-0.1, -0.05) is 38.8 Å². The van der Waals surface area contributed by atoms with E-state index in [4.69, 9.17) is 5.73 Å². The van der Waals surface area contributed by atoms with Gasteiger partial charge in [-0.3, -0.25) is 4.79 Å². The summed E-state index contributed by atoms with van der Waals surface area (Å²) in [5, 5.41) is 0. The number of hydrogen-bond acceptors (Lipinski definition) is 1. The molecule has 17 heavy (non-hydrogen) atoms. The summed E-state index contributed by atoms with van der Waals surface area (Å²) in [6, 6.07) is 5.93. The zero-order chi connectivity index (χ0) is 12.7. The molecule has 0 fully saturated rings. The number of amides is 1. The van der Waals surface area contributed by atoms with Crippen LogP contribution in [0.5, 0.6) is 0 Å². The van der Waals surface area contributed by atoms with Crippen LogP contribution in [0.1, 0.15) is 61.0 Å². The van der Waals surface area contributed by atoms with Gasteiger partial charge in [-0.15, -0.1) is 0 Å². The maximum atomic E-state index is 11.4. The van der Waals surface area contributed by atoms with Crippen molar-refractivity contribution in [3.05, 3.63) is 34.9 Å². The first-order chi connectivity index (χ1) is 8.20. The average Bonchev–Trinajstić information content (AvgIpc) is 2.33. The molecule has 2 nitrogen and oxygen atoms in total. The highest BCUT2D eigenvalue weighted by Crippen LogP contribution is 2.19. The van der Waals surface area contributed by atoms with E-state index >= 15 is 0 Å². The minimum Gasteiger partial charge on any atom is -0.366 e. The Hall–Kier alpha value is -1.31. The summed E-state index contributed by atoms with van der Waals surface area (Å²) in [5.74, 6) is -0.297. The maximum Gasteiger partial charge on any atom is 0.248 e. The molecule has 0 aliphatic rings. The fourth-order valence-electron chi connectivity index (χ4n) is 2.12. The topological polar surface area (TPSA) is 43.1 Å². The van der Waals surface area contributed by atoms with Crippen LogP contribution in [-0.2, 0) is 12.8 Å². The Labute approximate surface area is 104 Å². The maximum absolute atomic E-state index is 11.4. The van der Waals surface area contributed by atoms with E-state index < -0.39 is 0 Å². The fourth-order valence-corrected chi connectivity index (χ4v) is 2.12. The van der Waals surface area contributed by atoms with Crippen LogP contribution < -0.4 is 5.73 Å². The fraction of sp³-hybridized carbons (Fsp3) is 0.533. The van der Waals surface area contributed by atoms with Crippen LogP contribution in [0.3, 0.4) is 0 Å². The second-order valence-electron chi connectivity index (χ2n) is 4.51. The van der Waals surface area contributed by atoms with Gasteiger partial charge < -0.3 is 5.73 Å². The SMILES string of the molecule is CCCCc1cccc(C(N)=O)c1CCCC. The predicted molar refractivity (Wildman–Crippen MR) is 72.2 cm³/mol. The minimum atomic E-state index is -0.297. The summed E-state index contributed by atoms with van der Waals surface area (Å²) in [6.45, 7) is 4.35. The van der Waals surface area contributed by atoms with E-state index in [2.05, 4.69) is 19.9 Å². The van der Waals surface area contributed by atoms with Gasteiger partial charge in [0.25, 0.3) is 0 Å². The molecule has 0 bridgehead atoms. The molecule has 0 radical (unpaired) electrons. The van der Waals surface area contributed by atoms with Gasteiger partial charge in [0, 0.05) is 5.56 Å². The van der Waals surface area contributed by atoms with E-state index in [9.17, 15) is 4.79 Å². The van der Waals surface area contributed by atoms with Gasteiger partial charge >= 0.3 is 0 Å². The predicted octanol–water partition coefficient (Wildman–Crippen LogP) is 3.47. The van der Waals surface area contributed by atoms with E-state index in [1.54, 1.807) is 0 Å². The summed E-state index contributed by atoms with van der Waals surface area (Å²) in [5.41, 5.74) is 8.64. The molecule has 0 saturated heterocycles. The first-order valence-electron chi connectivity index (χ1n) is 6.61. The number of rotatable bonds is 7. The van der Waals surface area contributed by atoms with Crippen LogP contribution >= 0.6 is 0 Å². The average molecular weight is 233 g/mol. The Bertz CT molecular complexity index is 371. The van der Waals surface area contributed by atoms with Gasteiger partial charge in [0.15, 0.2) is 0 Å². The molecule has 0 unspecified atom stereocenters. The summed E-state index contributed by atoms with van der Waals surface area (Å²) >= 11 is 0. The number of nitrogens with two attached hydrogens (primary N) is 1. The smallest absolute Gasteiger partial charge is 0.248 e. The van der Waals surface area contributed by atoms with Crippen molar-refractivity contribution < 1.29 is 4.79 Å². The molecule has 0 saturated carbocycles. The van der Waals surface area contributed by atoms with Gasteiger partial charge in [-0.05, 0) is 42.9 Å². The number of hydrogen-bond donors (Lipinski definition) is 1. The van der Waals surface area contributed by atoms with Crippen LogP contribution in [0.2, 0.25) is 0 Å². The lowest BCUT2D eigenvalue weighted by Gasteiger charge is -2.12. The molecule has 94 valence electrons. The minimum absolute atomic E-state index is 0.297. The Morgan fingerprint density at radius 2 is 1.76 bits per heavy atom. The largest absolute Gasteiger partial charge is 0.366 e. The van der Waals surface area contributed by atoms with Crippen LogP contribution in [0.4, 0.5) is 0 Å². The third-order valence-electron chi connectivity index (χ3n) is 3.12. The van der Waals surface area contributed by atoms with Gasteiger partial charge in [-0.2, -0.15) is 0 Å². The summed E-state index contributed by atoms with van der Waals surface area (Å²) in [7, 11) is 0. The van der Waals surface area contributed by atoms with E-state index in [1.807, 2.05) is 12.1 Å². The molecule has 1 rings (SSSR count). The molecule has 1 aromatic rings. The third kappa shape index (κ3) is 3.88. The summed E-state index contributed by atoms with van der Waals surface area (Å²) in [4.78, 5) is 11.4. The molecular weight excluding hydrogens is 210 g/mol. The lowest BCUT2D eigenvalue weighted by Crippen LogP contribution is -2.15. The first kappa shape index (κ1) is 13.8. The molecule has 0 aliphatic heterocycles. The Morgan fingerprint density at radius 1 is 1.12 bits per heavy atom. The van der Waals surface area contributed by atoms with Crippen LogP contribution in [0, 0.1) is 0 Å². The molecule has 2 N–H and O–H groups in total. The summed E-state index contributed by atoms with van der Waals surface area (Å²) in [6.07, 6.45) is 6.62. The molecule has 2 heteroatoms. The monoisotopic (exact) mass is 233 g/mol. The summed E-state index contributed by atoms with van der Waals surface area (Å²) < 4.78 is 0. The van der Waals surface area contributed by atoms with E-state index in [0.717, 1.165) is 25.7 Å². The van der Waals surface area contributed by atoms with Gasteiger partial charge in [0.05, 0.1) is 0 Å². The van der Waals surface area contributed by atoms with Crippen LogP contribution in [-0.4, -0.2) is 5.91 Å². The van der Waals surface area contributed by atoms with Crippen molar-refractivity contribution in [2.45, 2.75) is 52.4 Å². The van der Waals surface area contributed by atoms with Gasteiger partial charge in [0.2, 0.25) is 5.91 Å². The highest BCUT2D eigenvalue weighted by atomic mass is 16.1. The number of carbonyl (C=O) groups is 1. The lowest BCUT2D eigenvalue weighted by atomic mass is 9.93. The Kier molecular flexibility index (Phi) is 5.75. The highest BCUT2D eigenvalue weighted by Gasteiger charge is 2.11. The van der Waals surface area contributed by atoms with E-state index in [0.29, 0.717) is 5.56 Å². The number of primary amides is 1. The number of carbonyl (C=O) groups excluding carboxylic acids is 1. The van der Waals surface area contributed by atoms with Crippen molar-refractivity contribution in [1.29, 1.82) is 0 Å². The standard InChI is InChI=1S/C15H23NO/c1-3-5-8-12-9-7-11-14(15(16)17)13(12)10-6-4-2/h7,9,11H,3-6,8,10H2,1-2H3,(H2,16,17). The number of aryl methyl sites for hydroxylation is 1. The molecule has 0 aromatic heterocycles. The zero-order valence-corrected chi connectivity index (χ0v) is 11.0. The van der Waals surface area contributed by atoms with E-state index in [1.165, 1.54) is 24.0 Å². The molecule has 1 aromatic carbocycles. The normalized spacial score (nSPS) is 10.5. The second kappa shape index (κ2) is 7.10. The van der Waals surface area contributed by atoms with E-state index in [-0.39, 0.29) is 5.91 Å². The quantitative estimate of drug-likeness (QED) is 0.770. The Balaban J connectivity index is 3.00. The number of benzene rings is 1.